The number of pyridine rings is 1. The van der Waals surface area contributed by atoms with Crippen LogP contribution in [0, 0.1) is 0 Å². The first-order valence-electron chi connectivity index (χ1n) is 6.16. The lowest BCUT2D eigenvalue weighted by atomic mass is 9.91. The van der Waals surface area contributed by atoms with Gasteiger partial charge >= 0.3 is 0 Å². The third kappa shape index (κ3) is 3.27. The average Bonchev–Trinajstić information content (AvgIpc) is 2.42. The van der Waals surface area contributed by atoms with Gasteiger partial charge in [-0.1, -0.05) is 42.3 Å². The smallest absolute Gasteiger partial charge is 0.0468 e. The van der Waals surface area contributed by atoms with Crippen molar-refractivity contribution < 1.29 is 0 Å². The van der Waals surface area contributed by atoms with Crippen LogP contribution in [0.4, 0.5) is 0 Å². The third-order valence-electron chi connectivity index (χ3n) is 3.26. The zero-order valence-corrected chi connectivity index (χ0v) is 12.4. The zero-order valence-electron chi connectivity index (χ0n) is 10.9. The van der Waals surface area contributed by atoms with Crippen molar-refractivity contribution in [1.82, 2.24) is 10.3 Å². The molecule has 2 rings (SSSR count). The molecule has 0 saturated carbocycles. The van der Waals surface area contributed by atoms with Crippen LogP contribution in [0.1, 0.15) is 30.1 Å². The molecule has 19 heavy (non-hydrogen) atoms. The maximum Gasteiger partial charge on any atom is 0.0468 e. The molecule has 0 radical (unpaired) electrons. The summed E-state index contributed by atoms with van der Waals surface area (Å²) in [6.07, 6.45) is 1.81. The molecule has 2 aromatic rings. The van der Waals surface area contributed by atoms with Crippen molar-refractivity contribution in [2.75, 3.05) is 7.05 Å². The van der Waals surface area contributed by atoms with Crippen molar-refractivity contribution in [3.05, 3.63) is 63.9 Å². The van der Waals surface area contributed by atoms with Crippen molar-refractivity contribution in [2.24, 2.45) is 0 Å². The number of nitrogens with zero attached hydrogens (tertiary/aromatic N) is 1. The maximum atomic E-state index is 6.29. The Kier molecular flexibility index (Phi) is 4.81. The van der Waals surface area contributed by atoms with Crippen LogP contribution in [0.3, 0.4) is 0 Å². The minimum Gasteiger partial charge on any atom is -0.312 e. The number of halogens is 2. The molecule has 0 aliphatic rings. The van der Waals surface area contributed by atoms with E-state index in [1.807, 2.05) is 43.6 Å². The Morgan fingerprint density at radius 3 is 2.53 bits per heavy atom. The highest BCUT2D eigenvalue weighted by atomic mass is 35.5. The molecular weight excluding hydrogens is 279 g/mol. The van der Waals surface area contributed by atoms with Crippen LogP contribution < -0.4 is 5.32 Å². The molecule has 0 saturated heterocycles. The Bertz CT molecular complexity index is 543. The summed E-state index contributed by atoms with van der Waals surface area (Å²) >= 11 is 12.2. The number of hydrogen-bond donors (Lipinski definition) is 1. The van der Waals surface area contributed by atoms with Crippen molar-refractivity contribution in [3.8, 4) is 0 Å². The first-order valence-corrected chi connectivity index (χ1v) is 6.92. The molecular formula is C15H16Cl2N2. The minimum atomic E-state index is 0.0969. The first kappa shape index (κ1) is 14.3. The number of nitrogens with one attached hydrogen (secondary N) is 1. The SMILES string of the molecule is CNC(c1ccc(Cl)cc1Cl)C(C)c1ccccn1. The molecule has 1 heterocycles. The Hall–Kier alpha value is -1.09. The van der Waals surface area contributed by atoms with Gasteiger partial charge in [-0.25, -0.2) is 0 Å². The minimum absolute atomic E-state index is 0.0969. The summed E-state index contributed by atoms with van der Waals surface area (Å²) in [6, 6.07) is 11.6. The summed E-state index contributed by atoms with van der Waals surface area (Å²) in [6.45, 7) is 2.13. The van der Waals surface area contributed by atoms with Crippen molar-refractivity contribution in [1.29, 1.82) is 0 Å². The quantitative estimate of drug-likeness (QED) is 0.901. The summed E-state index contributed by atoms with van der Waals surface area (Å²) in [7, 11) is 1.93. The number of hydrogen-bond acceptors (Lipinski definition) is 2. The van der Waals surface area contributed by atoms with Crippen molar-refractivity contribution >= 4 is 23.2 Å². The molecule has 0 amide bonds. The van der Waals surface area contributed by atoms with Crippen LogP contribution in [-0.2, 0) is 0 Å². The fourth-order valence-electron chi connectivity index (χ4n) is 2.24. The summed E-state index contributed by atoms with van der Waals surface area (Å²) in [5.74, 6) is 0.213. The van der Waals surface area contributed by atoms with Crippen molar-refractivity contribution in [3.63, 3.8) is 0 Å². The van der Waals surface area contributed by atoms with Gasteiger partial charge in [0.2, 0.25) is 0 Å². The molecule has 4 heteroatoms. The summed E-state index contributed by atoms with van der Waals surface area (Å²) in [4.78, 5) is 4.41. The molecule has 100 valence electrons. The van der Waals surface area contributed by atoms with Crippen LogP contribution in [0.5, 0.6) is 0 Å². The highest BCUT2D eigenvalue weighted by Gasteiger charge is 2.22. The summed E-state index contributed by atoms with van der Waals surface area (Å²) in [5.41, 5.74) is 2.07. The molecule has 1 aromatic heterocycles. The Balaban J connectivity index is 2.34. The largest absolute Gasteiger partial charge is 0.312 e. The van der Waals surface area contributed by atoms with Gasteiger partial charge in [0.15, 0.2) is 0 Å². The van der Waals surface area contributed by atoms with Crippen LogP contribution in [0.2, 0.25) is 10.0 Å². The Morgan fingerprint density at radius 2 is 1.95 bits per heavy atom. The summed E-state index contributed by atoms with van der Waals surface area (Å²) in [5, 5.41) is 4.63. The molecule has 2 atom stereocenters. The topological polar surface area (TPSA) is 24.9 Å². The van der Waals surface area contributed by atoms with Gasteiger partial charge in [-0.3, -0.25) is 4.98 Å². The van der Waals surface area contributed by atoms with Crippen LogP contribution in [0.15, 0.2) is 42.6 Å². The predicted octanol–water partition coefficient (Wildman–Crippen LogP) is 4.45. The highest BCUT2D eigenvalue weighted by molar-refractivity contribution is 6.35. The van der Waals surface area contributed by atoms with Gasteiger partial charge in [-0.05, 0) is 36.9 Å². The lowest BCUT2D eigenvalue weighted by molar-refractivity contribution is 0.499. The van der Waals surface area contributed by atoms with Gasteiger partial charge in [0.25, 0.3) is 0 Å². The molecule has 0 aliphatic carbocycles. The fraction of sp³-hybridized carbons (Fsp3) is 0.267. The third-order valence-corrected chi connectivity index (χ3v) is 3.83. The van der Waals surface area contributed by atoms with E-state index in [0.29, 0.717) is 10.0 Å². The standard InChI is InChI=1S/C15H16Cl2N2/c1-10(14-5-3-4-8-19-14)15(18-2)12-7-6-11(16)9-13(12)17/h3-10,15,18H,1-2H3. The lowest BCUT2D eigenvalue weighted by Gasteiger charge is -2.24. The van der Waals surface area contributed by atoms with Gasteiger partial charge in [-0.15, -0.1) is 0 Å². The van der Waals surface area contributed by atoms with E-state index in [2.05, 4.69) is 17.2 Å². The molecule has 2 unspecified atom stereocenters. The number of likely N-dealkylation sites (N-methyl/N-ethyl adjacent to an activating group) is 1. The molecule has 1 N–H and O–H groups in total. The number of aromatic nitrogens is 1. The highest BCUT2D eigenvalue weighted by Crippen LogP contribution is 2.34. The van der Waals surface area contributed by atoms with Gasteiger partial charge in [-0.2, -0.15) is 0 Å². The van der Waals surface area contributed by atoms with Gasteiger partial charge in [0, 0.05) is 33.9 Å². The summed E-state index contributed by atoms with van der Waals surface area (Å²) < 4.78 is 0. The van der Waals surface area contributed by atoms with E-state index in [1.165, 1.54) is 0 Å². The van der Waals surface area contributed by atoms with Gasteiger partial charge in [0.05, 0.1) is 0 Å². The molecule has 0 bridgehead atoms. The number of benzene rings is 1. The fourth-order valence-corrected chi connectivity index (χ4v) is 2.77. The maximum absolute atomic E-state index is 6.29. The van der Waals surface area contributed by atoms with E-state index in [4.69, 9.17) is 23.2 Å². The van der Waals surface area contributed by atoms with Crippen LogP contribution in [0.25, 0.3) is 0 Å². The monoisotopic (exact) mass is 294 g/mol. The average molecular weight is 295 g/mol. The molecule has 2 nitrogen and oxygen atoms in total. The van der Waals surface area contributed by atoms with Crippen molar-refractivity contribution in [2.45, 2.75) is 18.9 Å². The van der Waals surface area contributed by atoms with Crippen LogP contribution in [-0.4, -0.2) is 12.0 Å². The lowest BCUT2D eigenvalue weighted by Crippen LogP contribution is -2.23. The molecule has 0 fully saturated rings. The second kappa shape index (κ2) is 6.38. The van der Waals surface area contributed by atoms with E-state index >= 15 is 0 Å². The zero-order chi connectivity index (χ0) is 13.8. The normalized spacial score (nSPS) is 14.1. The van der Waals surface area contributed by atoms with E-state index < -0.39 is 0 Å². The predicted molar refractivity (Wildman–Crippen MR) is 80.9 cm³/mol. The molecule has 1 aromatic carbocycles. The second-order valence-corrected chi connectivity index (χ2v) is 5.32. The first-order chi connectivity index (χ1) is 9.13. The van der Waals surface area contributed by atoms with E-state index in [0.717, 1.165) is 11.3 Å². The van der Waals surface area contributed by atoms with E-state index in [9.17, 15) is 0 Å². The molecule has 0 aliphatic heterocycles. The molecule has 0 spiro atoms. The van der Waals surface area contributed by atoms with Gasteiger partial charge < -0.3 is 5.32 Å². The van der Waals surface area contributed by atoms with E-state index in [1.54, 1.807) is 6.07 Å². The number of rotatable bonds is 4. The Morgan fingerprint density at radius 1 is 1.16 bits per heavy atom. The Labute approximate surface area is 123 Å². The second-order valence-electron chi connectivity index (χ2n) is 4.48. The van der Waals surface area contributed by atoms with E-state index in [-0.39, 0.29) is 12.0 Å². The van der Waals surface area contributed by atoms with Gasteiger partial charge in [0.1, 0.15) is 0 Å². The van der Waals surface area contributed by atoms with Crippen LogP contribution >= 0.6 is 23.2 Å².